The summed E-state index contributed by atoms with van der Waals surface area (Å²) in [5, 5.41) is 5.76. The fraction of sp³-hybridized carbons (Fsp3) is 0.357. The molecule has 0 amide bonds. The Hall–Kier alpha value is -2.98. The second-order valence-corrected chi connectivity index (χ2v) is 5.59. The molecule has 1 saturated carbocycles. The van der Waals surface area contributed by atoms with Gasteiger partial charge in [0, 0.05) is 19.3 Å². The number of anilines is 2. The second-order valence-electron chi connectivity index (χ2n) is 5.59. The maximum Gasteiger partial charge on any atom is 0.451 e. The molecule has 130 valence electrons. The largest absolute Gasteiger partial charge is 0.451 e. The monoisotopic (exact) mass is 350 g/mol. The van der Waals surface area contributed by atoms with Gasteiger partial charge in [0.25, 0.3) is 0 Å². The first-order valence-electron chi connectivity index (χ1n) is 7.55. The maximum absolute atomic E-state index is 13.2. The van der Waals surface area contributed by atoms with E-state index < -0.39 is 12.0 Å². The summed E-state index contributed by atoms with van der Waals surface area (Å²) < 4.78 is 41.0. The Labute approximate surface area is 139 Å². The van der Waals surface area contributed by atoms with Crippen molar-refractivity contribution in [3.05, 3.63) is 24.4 Å². The third-order valence-corrected chi connectivity index (χ3v) is 3.68. The number of nitrogens with zero attached hydrogens (tertiary/aromatic N) is 6. The van der Waals surface area contributed by atoms with E-state index >= 15 is 0 Å². The van der Waals surface area contributed by atoms with Crippen molar-refractivity contribution in [1.29, 1.82) is 0 Å². The molecular weight excluding hydrogens is 337 g/mol. The lowest BCUT2D eigenvalue weighted by Crippen LogP contribution is -2.15. The van der Waals surface area contributed by atoms with Gasteiger partial charge in [-0.15, -0.1) is 0 Å². The molecule has 8 nitrogen and oxygen atoms in total. The zero-order valence-corrected chi connectivity index (χ0v) is 13.0. The summed E-state index contributed by atoms with van der Waals surface area (Å²) >= 11 is 0. The first-order chi connectivity index (χ1) is 12.0. The van der Waals surface area contributed by atoms with Gasteiger partial charge in [0.15, 0.2) is 17.0 Å². The second kappa shape index (κ2) is 5.53. The van der Waals surface area contributed by atoms with Crippen LogP contribution in [0.15, 0.2) is 18.6 Å². The van der Waals surface area contributed by atoms with E-state index in [1.165, 1.54) is 17.1 Å². The SMILES string of the molecule is CNc1nccc(-n2cnc3c(NC4CC4)nc(C(F)(F)F)nc32)n1. The van der Waals surface area contributed by atoms with Gasteiger partial charge < -0.3 is 10.6 Å². The molecule has 0 spiro atoms. The highest BCUT2D eigenvalue weighted by atomic mass is 19.4. The van der Waals surface area contributed by atoms with Gasteiger partial charge in [0.05, 0.1) is 0 Å². The minimum absolute atomic E-state index is 0.0335. The molecule has 3 aromatic rings. The van der Waals surface area contributed by atoms with Crippen LogP contribution in [-0.2, 0) is 6.18 Å². The fourth-order valence-corrected chi connectivity index (χ4v) is 2.32. The van der Waals surface area contributed by atoms with Crippen LogP contribution >= 0.6 is 0 Å². The van der Waals surface area contributed by atoms with Crippen molar-refractivity contribution in [3.63, 3.8) is 0 Å². The van der Waals surface area contributed by atoms with Crippen LogP contribution in [0.5, 0.6) is 0 Å². The summed E-state index contributed by atoms with van der Waals surface area (Å²) in [6.07, 6.45) is -0.00433. The highest BCUT2D eigenvalue weighted by molar-refractivity contribution is 5.84. The van der Waals surface area contributed by atoms with Crippen LogP contribution in [0.4, 0.5) is 24.9 Å². The lowest BCUT2D eigenvalue weighted by atomic mass is 10.4. The number of fused-ring (bicyclic) bond motifs is 1. The summed E-state index contributed by atoms with van der Waals surface area (Å²) in [6, 6.07) is 1.69. The van der Waals surface area contributed by atoms with E-state index in [1.807, 2.05) is 0 Å². The molecule has 0 saturated heterocycles. The van der Waals surface area contributed by atoms with E-state index in [0.29, 0.717) is 11.8 Å². The Bertz CT molecular complexity index is 931. The quantitative estimate of drug-likeness (QED) is 0.745. The molecule has 25 heavy (non-hydrogen) atoms. The Balaban J connectivity index is 1.90. The molecule has 1 fully saturated rings. The summed E-state index contributed by atoms with van der Waals surface area (Å²) in [5.41, 5.74) is 0.302. The van der Waals surface area contributed by atoms with Gasteiger partial charge in [-0.05, 0) is 18.9 Å². The lowest BCUT2D eigenvalue weighted by molar-refractivity contribution is -0.144. The summed E-state index contributed by atoms with van der Waals surface area (Å²) in [7, 11) is 1.65. The van der Waals surface area contributed by atoms with Crippen molar-refractivity contribution in [2.24, 2.45) is 0 Å². The maximum atomic E-state index is 13.2. The van der Waals surface area contributed by atoms with Crippen molar-refractivity contribution in [3.8, 4) is 5.82 Å². The van der Waals surface area contributed by atoms with Crippen LogP contribution in [0.1, 0.15) is 18.7 Å². The van der Waals surface area contributed by atoms with Crippen LogP contribution in [0.25, 0.3) is 17.0 Å². The minimum Gasteiger partial charge on any atom is -0.365 e. The average Bonchev–Trinajstić information content (AvgIpc) is 3.29. The molecule has 11 heteroatoms. The zero-order chi connectivity index (χ0) is 17.6. The first-order valence-corrected chi connectivity index (χ1v) is 7.55. The van der Waals surface area contributed by atoms with E-state index in [2.05, 4.69) is 35.6 Å². The van der Waals surface area contributed by atoms with E-state index in [9.17, 15) is 13.2 Å². The van der Waals surface area contributed by atoms with Crippen LogP contribution in [0, 0.1) is 0 Å². The number of nitrogens with one attached hydrogen (secondary N) is 2. The van der Waals surface area contributed by atoms with E-state index in [0.717, 1.165) is 12.8 Å². The molecule has 0 atom stereocenters. The lowest BCUT2D eigenvalue weighted by Gasteiger charge is -2.10. The summed E-state index contributed by atoms with van der Waals surface area (Å²) in [5.74, 6) is -0.443. The van der Waals surface area contributed by atoms with Crippen molar-refractivity contribution < 1.29 is 13.2 Å². The van der Waals surface area contributed by atoms with Crippen LogP contribution in [-0.4, -0.2) is 42.6 Å². The van der Waals surface area contributed by atoms with Gasteiger partial charge in [0.2, 0.25) is 11.8 Å². The topological polar surface area (TPSA) is 93.4 Å². The summed E-state index contributed by atoms with van der Waals surface area (Å²) in [6.45, 7) is 0. The zero-order valence-electron chi connectivity index (χ0n) is 13.0. The van der Waals surface area contributed by atoms with Crippen molar-refractivity contribution in [2.75, 3.05) is 17.7 Å². The van der Waals surface area contributed by atoms with E-state index in [4.69, 9.17) is 0 Å². The van der Waals surface area contributed by atoms with Crippen molar-refractivity contribution in [2.45, 2.75) is 25.1 Å². The average molecular weight is 350 g/mol. The van der Waals surface area contributed by atoms with Crippen molar-refractivity contribution in [1.82, 2.24) is 29.5 Å². The molecule has 1 aliphatic rings. The van der Waals surface area contributed by atoms with Gasteiger partial charge in [-0.3, -0.25) is 4.57 Å². The highest BCUT2D eigenvalue weighted by Gasteiger charge is 2.37. The first kappa shape index (κ1) is 15.5. The van der Waals surface area contributed by atoms with Crippen LogP contribution < -0.4 is 10.6 Å². The molecule has 0 radical (unpaired) electrons. The van der Waals surface area contributed by atoms with Gasteiger partial charge in [0.1, 0.15) is 12.1 Å². The molecule has 0 unspecified atom stereocenters. The van der Waals surface area contributed by atoms with Crippen molar-refractivity contribution >= 4 is 22.9 Å². The smallest absolute Gasteiger partial charge is 0.365 e. The van der Waals surface area contributed by atoms with Gasteiger partial charge in [-0.2, -0.15) is 18.2 Å². The minimum atomic E-state index is -4.66. The van der Waals surface area contributed by atoms with E-state index in [1.54, 1.807) is 13.1 Å². The number of alkyl halides is 3. The third kappa shape index (κ3) is 2.92. The Morgan fingerprint density at radius 1 is 1.16 bits per heavy atom. The fourth-order valence-electron chi connectivity index (χ4n) is 2.32. The van der Waals surface area contributed by atoms with Crippen LogP contribution in [0.3, 0.4) is 0 Å². The number of rotatable bonds is 4. The number of halogens is 3. The molecular formula is C14H13F3N8. The predicted octanol–water partition coefficient (Wildman–Crippen LogP) is 2.24. The number of hydrogen-bond donors (Lipinski definition) is 2. The normalized spacial score (nSPS) is 14.7. The molecule has 1 aliphatic carbocycles. The van der Waals surface area contributed by atoms with Gasteiger partial charge in [-0.25, -0.2) is 19.9 Å². The molecule has 0 bridgehead atoms. The standard InChI is InChI=1S/C14H13F3N8/c1-18-13-19-5-4-8(22-13)25-6-20-9-10(21-7-2-3-7)23-12(14(15,16)17)24-11(9)25/h4-7H,2-3H2,1H3,(H,18,19,22)(H,21,23,24). The molecule has 2 N–H and O–H groups in total. The Morgan fingerprint density at radius 2 is 1.96 bits per heavy atom. The molecule has 4 rings (SSSR count). The molecule has 0 aliphatic heterocycles. The third-order valence-electron chi connectivity index (χ3n) is 3.68. The number of aromatic nitrogens is 6. The Kier molecular flexibility index (Phi) is 3.44. The van der Waals surface area contributed by atoms with E-state index in [-0.39, 0.29) is 23.0 Å². The number of hydrogen-bond acceptors (Lipinski definition) is 7. The Morgan fingerprint density at radius 3 is 2.64 bits per heavy atom. The molecule has 0 aromatic carbocycles. The summed E-state index contributed by atoms with van der Waals surface area (Å²) in [4.78, 5) is 19.7. The van der Waals surface area contributed by atoms with Gasteiger partial charge in [-0.1, -0.05) is 0 Å². The number of imidazole rings is 1. The predicted molar refractivity (Wildman–Crippen MR) is 83.4 cm³/mol. The van der Waals surface area contributed by atoms with Crippen LogP contribution in [0.2, 0.25) is 0 Å². The molecule has 3 aromatic heterocycles. The van der Waals surface area contributed by atoms with Gasteiger partial charge >= 0.3 is 6.18 Å². The highest BCUT2D eigenvalue weighted by Crippen LogP contribution is 2.32. The molecule has 3 heterocycles.